The summed E-state index contributed by atoms with van der Waals surface area (Å²) in [4.78, 5) is 14.6. The van der Waals surface area contributed by atoms with E-state index in [-0.39, 0.29) is 11.8 Å². The second-order valence-corrected chi connectivity index (χ2v) is 7.80. The van der Waals surface area contributed by atoms with E-state index in [2.05, 4.69) is 12.2 Å². The molecule has 0 radical (unpaired) electrons. The first-order chi connectivity index (χ1) is 13.9. The molecule has 0 amide bonds. The zero-order valence-electron chi connectivity index (χ0n) is 16.9. The van der Waals surface area contributed by atoms with Gasteiger partial charge in [-0.1, -0.05) is 54.9 Å². The molecule has 4 nitrogen and oxygen atoms in total. The molecular weight excluding hydrogens is 404 g/mol. The van der Waals surface area contributed by atoms with Crippen molar-refractivity contribution in [1.82, 2.24) is 10.2 Å². The highest BCUT2D eigenvalue weighted by molar-refractivity contribution is 7.80. The number of halogens is 1. The quantitative estimate of drug-likeness (QED) is 0.596. The summed E-state index contributed by atoms with van der Waals surface area (Å²) in [5.41, 5.74) is 3.39. The number of carbonyl (C=O) groups excluding carboxylic acids is 1. The lowest BCUT2D eigenvalue weighted by atomic mass is 9.92. The fourth-order valence-electron chi connectivity index (χ4n) is 3.59. The van der Waals surface area contributed by atoms with E-state index in [0.29, 0.717) is 28.1 Å². The van der Waals surface area contributed by atoms with Crippen LogP contribution >= 0.6 is 23.8 Å². The van der Waals surface area contributed by atoms with Crippen LogP contribution in [0.15, 0.2) is 59.8 Å². The third-order valence-corrected chi connectivity index (χ3v) is 5.70. The highest BCUT2D eigenvalue weighted by Crippen LogP contribution is 2.36. The molecule has 0 aromatic heterocycles. The number of hydrogen-bond acceptors (Lipinski definition) is 3. The Morgan fingerprint density at radius 2 is 1.90 bits per heavy atom. The van der Waals surface area contributed by atoms with Crippen LogP contribution in [0.5, 0.6) is 5.75 Å². The van der Waals surface area contributed by atoms with Crippen LogP contribution in [0, 0.1) is 0 Å². The van der Waals surface area contributed by atoms with E-state index >= 15 is 0 Å². The Bertz CT molecular complexity index is 957. The Balaban J connectivity index is 1.96. The number of allylic oxidation sites excluding steroid dienone is 1. The Morgan fingerprint density at radius 3 is 2.59 bits per heavy atom. The van der Waals surface area contributed by atoms with E-state index in [1.54, 1.807) is 6.92 Å². The monoisotopic (exact) mass is 428 g/mol. The van der Waals surface area contributed by atoms with Crippen molar-refractivity contribution in [3.63, 3.8) is 0 Å². The molecule has 1 atom stereocenters. The van der Waals surface area contributed by atoms with Gasteiger partial charge in [-0.05, 0) is 44.6 Å². The summed E-state index contributed by atoms with van der Waals surface area (Å²) < 4.78 is 6.11. The predicted molar refractivity (Wildman–Crippen MR) is 121 cm³/mol. The number of ketones is 1. The van der Waals surface area contributed by atoms with E-state index in [0.717, 1.165) is 29.8 Å². The number of ether oxygens (including phenoxy) is 1. The Morgan fingerprint density at radius 1 is 1.21 bits per heavy atom. The highest BCUT2D eigenvalue weighted by Gasteiger charge is 2.33. The zero-order chi connectivity index (χ0) is 21.0. The number of nitrogens with zero attached hydrogens (tertiary/aromatic N) is 1. The molecule has 0 fully saturated rings. The minimum absolute atomic E-state index is 0.0181. The number of para-hydroxylation sites is 1. The number of nitrogens with one attached hydrogen (secondary N) is 1. The van der Waals surface area contributed by atoms with Crippen molar-refractivity contribution in [2.45, 2.75) is 39.8 Å². The average Bonchev–Trinajstić information content (AvgIpc) is 2.70. The third kappa shape index (κ3) is 4.62. The second-order valence-electron chi connectivity index (χ2n) is 7.01. The van der Waals surface area contributed by atoms with Gasteiger partial charge in [-0.15, -0.1) is 0 Å². The molecule has 2 aromatic carbocycles. The van der Waals surface area contributed by atoms with E-state index < -0.39 is 0 Å². The fourth-order valence-corrected chi connectivity index (χ4v) is 4.12. The number of Topliss-reactive ketones (excluding diaryl/α,β-unsaturated/α-hetero) is 1. The SMILES string of the molecule is CCCN1C(=S)NC(c2ccccc2OCc2ccccc2Cl)C(C(C)=O)=C1C. The molecule has 0 saturated carbocycles. The number of benzene rings is 2. The van der Waals surface area contributed by atoms with Gasteiger partial charge < -0.3 is 15.0 Å². The molecule has 3 rings (SSSR count). The molecule has 1 heterocycles. The van der Waals surface area contributed by atoms with E-state index in [1.807, 2.05) is 60.4 Å². The van der Waals surface area contributed by atoms with Gasteiger partial charge >= 0.3 is 0 Å². The largest absolute Gasteiger partial charge is 0.488 e. The lowest BCUT2D eigenvalue weighted by Gasteiger charge is -2.38. The Hall–Kier alpha value is -2.37. The van der Waals surface area contributed by atoms with E-state index in [4.69, 9.17) is 28.6 Å². The molecule has 0 saturated heterocycles. The molecule has 29 heavy (non-hydrogen) atoms. The molecule has 0 aliphatic carbocycles. The van der Waals surface area contributed by atoms with Gasteiger partial charge in [0, 0.05) is 34.0 Å². The van der Waals surface area contributed by atoms with Crippen LogP contribution in [0.3, 0.4) is 0 Å². The number of carbonyl (C=O) groups is 1. The first kappa shape index (κ1) is 21.3. The number of hydrogen-bond donors (Lipinski definition) is 1. The number of thiocarbonyl (C=S) groups is 1. The van der Waals surface area contributed by atoms with Crippen LogP contribution in [0.4, 0.5) is 0 Å². The Kier molecular flexibility index (Phi) is 6.93. The molecular formula is C23H25ClN2O2S. The van der Waals surface area contributed by atoms with Gasteiger partial charge in [-0.2, -0.15) is 0 Å². The topological polar surface area (TPSA) is 41.6 Å². The van der Waals surface area contributed by atoms with Gasteiger partial charge in [-0.25, -0.2) is 0 Å². The summed E-state index contributed by atoms with van der Waals surface area (Å²) in [6.07, 6.45) is 0.937. The summed E-state index contributed by atoms with van der Waals surface area (Å²) in [5, 5.41) is 4.64. The molecule has 0 bridgehead atoms. The molecule has 6 heteroatoms. The van der Waals surface area contributed by atoms with Gasteiger partial charge in [0.15, 0.2) is 10.9 Å². The van der Waals surface area contributed by atoms with Gasteiger partial charge in [0.25, 0.3) is 0 Å². The average molecular weight is 429 g/mol. The fraction of sp³-hybridized carbons (Fsp3) is 0.304. The molecule has 1 N–H and O–H groups in total. The standard InChI is InChI=1S/C23H25ClN2O2S/c1-4-13-26-15(2)21(16(3)27)22(25-23(26)29)18-10-6-8-12-20(18)28-14-17-9-5-7-11-19(17)24/h5-12,22H,4,13-14H2,1-3H3,(H,25,29). The maximum atomic E-state index is 12.6. The van der Waals surface area contributed by atoms with Crippen molar-refractivity contribution in [1.29, 1.82) is 0 Å². The van der Waals surface area contributed by atoms with Crippen LogP contribution < -0.4 is 10.1 Å². The van der Waals surface area contributed by atoms with Gasteiger partial charge in [-0.3, -0.25) is 4.79 Å². The van der Waals surface area contributed by atoms with Crippen molar-refractivity contribution in [3.8, 4) is 5.75 Å². The second kappa shape index (κ2) is 9.42. The minimum atomic E-state index is -0.351. The van der Waals surface area contributed by atoms with Crippen molar-refractivity contribution in [2.75, 3.05) is 6.54 Å². The molecule has 1 unspecified atom stereocenters. The number of rotatable bonds is 7. The maximum Gasteiger partial charge on any atom is 0.173 e. The summed E-state index contributed by atoms with van der Waals surface area (Å²) >= 11 is 11.9. The van der Waals surface area contributed by atoms with Crippen LogP contribution in [-0.4, -0.2) is 22.3 Å². The van der Waals surface area contributed by atoms with Gasteiger partial charge in [0.05, 0.1) is 6.04 Å². The molecule has 152 valence electrons. The Labute approximate surface area is 182 Å². The van der Waals surface area contributed by atoms with Crippen LogP contribution in [0.1, 0.15) is 44.4 Å². The predicted octanol–water partition coefficient (Wildman–Crippen LogP) is 5.42. The lowest BCUT2D eigenvalue weighted by Crippen LogP contribution is -2.47. The van der Waals surface area contributed by atoms with Crippen molar-refractivity contribution in [3.05, 3.63) is 76.0 Å². The molecule has 1 aliphatic rings. The van der Waals surface area contributed by atoms with Crippen molar-refractivity contribution >= 4 is 34.7 Å². The van der Waals surface area contributed by atoms with Gasteiger partial charge in [0.1, 0.15) is 12.4 Å². The first-order valence-electron chi connectivity index (χ1n) is 9.68. The highest BCUT2D eigenvalue weighted by atomic mass is 35.5. The third-order valence-electron chi connectivity index (χ3n) is 4.99. The smallest absolute Gasteiger partial charge is 0.173 e. The zero-order valence-corrected chi connectivity index (χ0v) is 18.4. The summed E-state index contributed by atoms with van der Waals surface area (Å²) in [6, 6.07) is 15.0. The summed E-state index contributed by atoms with van der Waals surface area (Å²) in [5.74, 6) is 0.715. The normalized spacial score (nSPS) is 16.6. The maximum absolute atomic E-state index is 12.6. The van der Waals surface area contributed by atoms with E-state index in [9.17, 15) is 4.79 Å². The lowest BCUT2D eigenvalue weighted by molar-refractivity contribution is -0.114. The van der Waals surface area contributed by atoms with Crippen molar-refractivity contribution in [2.24, 2.45) is 0 Å². The molecule has 0 spiro atoms. The van der Waals surface area contributed by atoms with Crippen molar-refractivity contribution < 1.29 is 9.53 Å². The molecule has 2 aromatic rings. The van der Waals surface area contributed by atoms with Crippen LogP contribution in [-0.2, 0) is 11.4 Å². The van der Waals surface area contributed by atoms with Crippen LogP contribution in [0.25, 0.3) is 0 Å². The summed E-state index contributed by atoms with van der Waals surface area (Å²) in [6.45, 7) is 6.76. The van der Waals surface area contributed by atoms with E-state index in [1.165, 1.54) is 0 Å². The molecule has 1 aliphatic heterocycles. The minimum Gasteiger partial charge on any atom is -0.488 e. The van der Waals surface area contributed by atoms with Gasteiger partial charge in [0.2, 0.25) is 0 Å². The first-order valence-corrected chi connectivity index (χ1v) is 10.5. The van der Waals surface area contributed by atoms with Crippen LogP contribution in [0.2, 0.25) is 5.02 Å². The summed E-state index contributed by atoms with van der Waals surface area (Å²) in [7, 11) is 0.